The molecule has 1 atom stereocenters. The van der Waals surface area contributed by atoms with Gasteiger partial charge in [-0.05, 0) is 41.4 Å². The minimum absolute atomic E-state index is 0.226. The lowest BCUT2D eigenvalue weighted by Gasteiger charge is -2.22. The molecule has 0 bridgehead atoms. The smallest absolute Gasteiger partial charge is 0.227 e. The van der Waals surface area contributed by atoms with E-state index in [0.717, 1.165) is 16.6 Å². The molecule has 1 unspecified atom stereocenters. The number of benzene rings is 1. The summed E-state index contributed by atoms with van der Waals surface area (Å²) in [7, 11) is 0. The van der Waals surface area contributed by atoms with Crippen molar-refractivity contribution in [3.8, 4) is 0 Å². The molecule has 2 nitrogen and oxygen atoms in total. The summed E-state index contributed by atoms with van der Waals surface area (Å²) in [5.41, 5.74) is 0.988. The highest BCUT2D eigenvalue weighted by molar-refractivity contribution is 9.10. The molecule has 2 rings (SSSR count). The van der Waals surface area contributed by atoms with Crippen molar-refractivity contribution in [1.29, 1.82) is 0 Å². The number of carbonyl (C=O) groups excluding carboxylic acids is 1. The van der Waals surface area contributed by atoms with E-state index in [1.807, 2.05) is 29.2 Å². The maximum absolute atomic E-state index is 11.6. The van der Waals surface area contributed by atoms with Crippen LogP contribution >= 0.6 is 15.9 Å². The lowest BCUT2D eigenvalue weighted by Crippen LogP contribution is -2.30. The maximum atomic E-state index is 11.6. The number of halogens is 1. The van der Waals surface area contributed by atoms with E-state index >= 15 is 0 Å². The summed E-state index contributed by atoms with van der Waals surface area (Å²) in [6, 6.07) is 8.18. The van der Waals surface area contributed by atoms with E-state index in [0.29, 0.717) is 12.5 Å². The van der Waals surface area contributed by atoms with Gasteiger partial charge in [0, 0.05) is 16.9 Å². The molecule has 1 saturated heterocycles. The van der Waals surface area contributed by atoms with E-state index in [-0.39, 0.29) is 5.91 Å². The first-order valence-corrected chi connectivity index (χ1v) is 5.56. The second kappa shape index (κ2) is 3.73. The summed E-state index contributed by atoms with van der Waals surface area (Å²) >= 11 is 3.47. The van der Waals surface area contributed by atoms with Gasteiger partial charge in [0.2, 0.25) is 5.91 Å². The molecule has 0 saturated carbocycles. The molecule has 0 N–H and O–H groups in total. The molecule has 14 heavy (non-hydrogen) atoms. The van der Waals surface area contributed by atoms with Crippen molar-refractivity contribution in [2.24, 2.45) is 0 Å². The van der Waals surface area contributed by atoms with Gasteiger partial charge < -0.3 is 4.90 Å². The normalized spacial score (nSPS) is 21.7. The second-order valence-electron chi connectivity index (χ2n) is 3.60. The highest BCUT2D eigenvalue weighted by Gasteiger charge is 2.29. The number of nitrogens with zero attached hydrogens (tertiary/aromatic N) is 1. The van der Waals surface area contributed by atoms with Crippen molar-refractivity contribution in [3.63, 3.8) is 0 Å². The lowest BCUT2D eigenvalue weighted by molar-refractivity contribution is -0.117. The zero-order valence-corrected chi connectivity index (χ0v) is 9.62. The van der Waals surface area contributed by atoms with Crippen molar-refractivity contribution in [3.05, 3.63) is 28.7 Å². The van der Waals surface area contributed by atoms with Gasteiger partial charge in [-0.3, -0.25) is 4.79 Å². The van der Waals surface area contributed by atoms with Crippen LogP contribution in [0.5, 0.6) is 0 Å². The van der Waals surface area contributed by atoms with Gasteiger partial charge in [0.15, 0.2) is 0 Å². The van der Waals surface area contributed by atoms with E-state index in [4.69, 9.17) is 0 Å². The van der Waals surface area contributed by atoms with E-state index in [9.17, 15) is 4.79 Å². The minimum Gasteiger partial charge on any atom is -0.308 e. The van der Waals surface area contributed by atoms with Crippen molar-refractivity contribution >= 4 is 27.5 Å². The molecule has 1 aromatic rings. The Kier molecular flexibility index (Phi) is 2.59. The van der Waals surface area contributed by atoms with Gasteiger partial charge in [0.1, 0.15) is 0 Å². The van der Waals surface area contributed by atoms with Crippen molar-refractivity contribution < 1.29 is 4.79 Å². The quantitative estimate of drug-likeness (QED) is 0.754. The maximum Gasteiger partial charge on any atom is 0.227 e. The van der Waals surface area contributed by atoms with E-state index < -0.39 is 0 Å². The van der Waals surface area contributed by atoms with E-state index in [1.165, 1.54) is 0 Å². The largest absolute Gasteiger partial charge is 0.308 e. The fraction of sp³-hybridized carbons (Fsp3) is 0.364. The van der Waals surface area contributed by atoms with Crippen LogP contribution in [0.3, 0.4) is 0 Å². The molecule has 0 radical (unpaired) electrons. The van der Waals surface area contributed by atoms with Crippen LogP contribution in [-0.2, 0) is 4.79 Å². The number of hydrogen-bond acceptors (Lipinski definition) is 1. The molecular weight excluding hydrogens is 242 g/mol. The Labute approximate surface area is 92.0 Å². The highest BCUT2D eigenvalue weighted by Crippen LogP contribution is 2.32. The topological polar surface area (TPSA) is 20.3 Å². The van der Waals surface area contributed by atoms with Crippen LogP contribution in [0.1, 0.15) is 19.8 Å². The number of hydrogen-bond donors (Lipinski definition) is 0. The molecule has 0 spiro atoms. The number of para-hydroxylation sites is 1. The number of anilines is 1. The summed E-state index contributed by atoms with van der Waals surface area (Å²) in [4.78, 5) is 13.5. The van der Waals surface area contributed by atoms with Crippen LogP contribution < -0.4 is 4.90 Å². The first kappa shape index (κ1) is 9.71. The Bertz CT molecular complexity index is 364. The van der Waals surface area contributed by atoms with Gasteiger partial charge in [-0.2, -0.15) is 0 Å². The number of rotatable bonds is 1. The third-order valence-corrected chi connectivity index (χ3v) is 3.27. The molecule has 1 aliphatic heterocycles. The van der Waals surface area contributed by atoms with Crippen LogP contribution in [0.4, 0.5) is 5.69 Å². The fourth-order valence-electron chi connectivity index (χ4n) is 1.85. The van der Waals surface area contributed by atoms with Gasteiger partial charge in [-0.15, -0.1) is 0 Å². The first-order valence-electron chi connectivity index (χ1n) is 4.77. The van der Waals surface area contributed by atoms with Gasteiger partial charge >= 0.3 is 0 Å². The molecule has 3 heteroatoms. The lowest BCUT2D eigenvalue weighted by atomic mass is 10.2. The first-order chi connectivity index (χ1) is 6.70. The zero-order valence-electron chi connectivity index (χ0n) is 8.03. The number of amides is 1. The van der Waals surface area contributed by atoms with Crippen LogP contribution in [0.25, 0.3) is 0 Å². The molecule has 1 heterocycles. The van der Waals surface area contributed by atoms with Crippen LogP contribution in [0.15, 0.2) is 28.7 Å². The molecule has 1 aromatic carbocycles. The monoisotopic (exact) mass is 253 g/mol. The molecule has 74 valence electrons. The van der Waals surface area contributed by atoms with Crippen LogP contribution in [0.2, 0.25) is 0 Å². The highest BCUT2D eigenvalue weighted by atomic mass is 79.9. The van der Waals surface area contributed by atoms with Crippen LogP contribution in [0, 0.1) is 0 Å². The summed E-state index contributed by atoms with van der Waals surface area (Å²) in [5.74, 6) is 0.226. The third-order valence-electron chi connectivity index (χ3n) is 2.60. The molecule has 0 aliphatic carbocycles. The predicted octanol–water partition coefficient (Wildman–Crippen LogP) is 2.96. The summed E-state index contributed by atoms with van der Waals surface area (Å²) in [6.45, 7) is 2.09. The summed E-state index contributed by atoms with van der Waals surface area (Å²) < 4.78 is 0.988. The molecule has 1 fully saturated rings. The minimum atomic E-state index is 0.226. The number of carbonyl (C=O) groups is 1. The Balaban J connectivity index is 2.39. The van der Waals surface area contributed by atoms with E-state index in [1.54, 1.807) is 0 Å². The molecular formula is C11H12BrNO. The molecule has 1 amide bonds. The van der Waals surface area contributed by atoms with Gasteiger partial charge in [-0.1, -0.05) is 12.1 Å². The van der Waals surface area contributed by atoms with Crippen molar-refractivity contribution in [2.45, 2.75) is 25.8 Å². The van der Waals surface area contributed by atoms with E-state index in [2.05, 4.69) is 22.9 Å². The summed E-state index contributed by atoms with van der Waals surface area (Å²) in [6.07, 6.45) is 1.63. The SMILES string of the molecule is CC1CCC(=O)N1c1ccccc1Br. The Morgan fingerprint density at radius 3 is 2.71 bits per heavy atom. The Hall–Kier alpha value is -0.830. The standard InChI is InChI=1S/C11H12BrNO/c1-8-6-7-11(14)13(8)10-5-3-2-4-9(10)12/h2-5,8H,6-7H2,1H3. The second-order valence-corrected chi connectivity index (χ2v) is 4.46. The molecule has 1 aliphatic rings. The third kappa shape index (κ3) is 1.57. The predicted molar refractivity (Wildman–Crippen MR) is 60.3 cm³/mol. The van der Waals surface area contributed by atoms with Crippen molar-refractivity contribution in [1.82, 2.24) is 0 Å². The zero-order chi connectivity index (χ0) is 10.1. The van der Waals surface area contributed by atoms with Crippen LogP contribution in [-0.4, -0.2) is 11.9 Å². The van der Waals surface area contributed by atoms with Gasteiger partial charge in [-0.25, -0.2) is 0 Å². The van der Waals surface area contributed by atoms with Gasteiger partial charge in [0.05, 0.1) is 5.69 Å². The van der Waals surface area contributed by atoms with Crippen molar-refractivity contribution in [2.75, 3.05) is 4.90 Å². The average molecular weight is 254 g/mol. The summed E-state index contributed by atoms with van der Waals surface area (Å²) in [5, 5.41) is 0. The Morgan fingerprint density at radius 2 is 2.14 bits per heavy atom. The fourth-order valence-corrected chi connectivity index (χ4v) is 2.32. The molecule has 0 aromatic heterocycles. The van der Waals surface area contributed by atoms with Gasteiger partial charge in [0.25, 0.3) is 0 Å². The average Bonchev–Trinajstić information content (AvgIpc) is 2.48. The Morgan fingerprint density at radius 1 is 1.43 bits per heavy atom.